The van der Waals surface area contributed by atoms with Crippen LogP contribution in [0.4, 0.5) is 14.6 Å². The number of carbonyl (C=O) groups excluding carboxylic acids is 1. The first kappa shape index (κ1) is 29.6. The van der Waals surface area contributed by atoms with E-state index >= 15 is 4.39 Å². The van der Waals surface area contributed by atoms with Gasteiger partial charge >= 0.3 is 6.01 Å². The summed E-state index contributed by atoms with van der Waals surface area (Å²) in [5.41, 5.74) is 0.427. The van der Waals surface area contributed by atoms with Crippen LogP contribution < -0.4 is 9.64 Å². The zero-order valence-electron chi connectivity index (χ0n) is 25.8. The largest absolute Gasteiger partial charge is 0.508 e. The lowest BCUT2D eigenvalue weighted by atomic mass is 9.95. The SMILES string of the molecule is C#Cc1cccc2cc(O)cc(-c3ncc4c(N5CC6CCC(C5)N6C(=O)C=C)nc(OC[C@@]56CCCN5C[C@H](F)C6)nc4c3F)c12. The number of hydrogen-bond donors (Lipinski definition) is 1. The van der Waals surface area contributed by atoms with Crippen LogP contribution in [0.3, 0.4) is 0 Å². The van der Waals surface area contributed by atoms with Gasteiger partial charge in [-0.3, -0.25) is 14.7 Å². The number of phenols is 1. The van der Waals surface area contributed by atoms with E-state index in [1.165, 1.54) is 12.1 Å². The number of anilines is 1. The molecule has 2 unspecified atom stereocenters. The molecule has 240 valence electrons. The van der Waals surface area contributed by atoms with Gasteiger partial charge in [-0.1, -0.05) is 24.6 Å². The molecule has 8 rings (SSSR count). The van der Waals surface area contributed by atoms with Gasteiger partial charge in [0.05, 0.1) is 10.9 Å². The van der Waals surface area contributed by atoms with E-state index in [-0.39, 0.29) is 47.6 Å². The van der Waals surface area contributed by atoms with Crippen molar-refractivity contribution >= 4 is 33.4 Å². The first-order valence-electron chi connectivity index (χ1n) is 16.1. The molecule has 2 aromatic heterocycles. The van der Waals surface area contributed by atoms with Crippen molar-refractivity contribution < 1.29 is 23.4 Å². The summed E-state index contributed by atoms with van der Waals surface area (Å²) in [6.45, 7) is 6.04. The number of benzene rings is 2. The van der Waals surface area contributed by atoms with Gasteiger partial charge in [0.15, 0.2) is 5.82 Å². The predicted molar refractivity (Wildman–Crippen MR) is 174 cm³/mol. The molecule has 4 aromatic rings. The number of nitrogens with zero attached hydrogens (tertiary/aromatic N) is 6. The number of fused-ring (bicyclic) bond motifs is 5. The normalized spacial score (nSPS) is 25.3. The molecule has 4 atom stereocenters. The summed E-state index contributed by atoms with van der Waals surface area (Å²) < 4.78 is 37.7. The number of halogens is 2. The maximum Gasteiger partial charge on any atom is 0.319 e. The van der Waals surface area contributed by atoms with Gasteiger partial charge in [0, 0.05) is 60.8 Å². The first-order valence-corrected chi connectivity index (χ1v) is 16.1. The Balaban J connectivity index is 1.25. The second-order valence-corrected chi connectivity index (χ2v) is 13.2. The van der Waals surface area contributed by atoms with E-state index in [1.807, 2.05) is 4.90 Å². The molecule has 4 aliphatic heterocycles. The molecule has 2 bridgehead atoms. The Bertz CT molecular complexity index is 1980. The van der Waals surface area contributed by atoms with E-state index in [0.717, 1.165) is 32.2 Å². The van der Waals surface area contributed by atoms with E-state index in [4.69, 9.17) is 16.1 Å². The lowest BCUT2D eigenvalue weighted by molar-refractivity contribution is -0.129. The number of terminal acetylenes is 1. The molecule has 47 heavy (non-hydrogen) atoms. The summed E-state index contributed by atoms with van der Waals surface area (Å²) in [6.07, 6.45) is 11.6. The standard InChI is InChI=1S/C36H34F2N6O3/c1-3-21-7-5-8-22-13-26(45)14-27(30(21)22)32-31(38)33-28(16-39-32)34(42-18-24-9-10-25(19-42)44(24)29(46)4-2)41-35(40-33)47-20-36-11-6-12-43(36)17-23(37)15-36/h1,4-5,7-8,13-14,16,23-25,45H,2,6,9-12,15,17-20H2/t23-,24?,25?,36+/m1/s1. The van der Waals surface area contributed by atoms with Crippen LogP contribution in [0.5, 0.6) is 11.8 Å². The predicted octanol–water partition coefficient (Wildman–Crippen LogP) is 4.99. The Labute approximate surface area is 270 Å². The van der Waals surface area contributed by atoms with Crippen molar-refractivity contribution in [3.8, 4) is 35.4 Å². The fraction of sp³-hybridized carbons (Fsp3) is 0.389. The summed E-state index contributed by atoms with van der Waals surface area (Å²) in [7, 11) is 0. The highest BCUT2D eigenvalue weighted by Crippen LogP contribution is 2.42. The molecule has 9 nitrogen and oxygen atoms in total. The summed E-state index contributed by atoms with van der Waals surface area (Å²) in [6, 6.07) is 8.28. The molecule has 4 aliphatic rings. The first-order chi connectivity index (χ1) is 22.8. The number of phenolic OH excluding ortho intramolecular Hbond substituents is 1. The van der Waals surface area contributed by atoms with Crippen LogP contribution in [0.2, 0.25) is 0 Å². The Kier molecular flexibility index (Phi) is 7.02. The molecular weight excluding hydrogens is 602 g/mol. The minimum Gasteiger partial charge on any atom is -0.508 e. The molecule has 6 heterocycles. The third-order valence-corrected chi connectivity index (χ3v) is 10.5. The average molecular weight is 637 g/mol. The number of aromatic nitrogens is 3. The van der Waals surface area contributed by atoms with Crippen molar-refractivity contribution in [2.75, 3.05) is 37.7 Å². The molecule has 0 aliphatic carbocycles. The van der Waals surface area contributed by atoms with Gasteiger partial charge < -0.3 is 19.6 Å². The smallest absolute Gasteiger partial charge is 0.319 e. The Morgan fingerprint density at radius 3 is 2.79 bits per heavy atom. The van der Waals surface area contributed by atoms with Crippen LogP contribution in [-0.2, 0) is 4.79 Å². The Morgan fingerprint density at radius 1 is 1.21 bits per heavy atom. The number of hydrogen-bond acceptors (Lipinski definition) is 8. The van der Waals surface area contributed by atoms with Crippen LogP contribution in [0.1, 0.15) is 37.7 Å². The number of pyridine rings is 1. The number of piperazine rings is 1. The third-order valence-electron chi connectivity index (χ3n) is 10.5. The minimum atomic E-state index is -0.923. The van der Waals surface area contributed by atoms with Crippen LogP contribution in [0.25, 0.3) is 32.9 Å². The third kappa shape index (κ3) is 4.76. The highest BCUT2D eigenvalue weighted by molar-refractivity contribution is 6.03. The topological polar surface area (TPSA) is 94.9 Å². The van der Waals surface area contributed by atoms with Gasteiger partial charge in [0.2, 0.25) is 5.91 Å². The molecule has 4 fully saturated rings. The lowest BCUT2D eigenvalue weighted by Gasteiger charge is -2.41. The van der Waals surface area contributed by atoms with E-state index in [2.05, 4.69) is 32.3 Å². The van der Waals surface area contributed by atoms with Crippen molar-refractivity contribution in [1.29, 1.82) is 0 Å². The number of ether oxygens (including phenoxy) is 1. The van der Waals surface area contributed by atoms with Crippen LogP contribution in [0, 0.1) is 18.2 Å². The van der Waals surface area contributed by atoms with Crippen molar-refractivity contribution in [1.82, 2.24) is 24.8 Å². The summed E-state index contributed by atoms with van der Waals surface area (Å²) in [4.78, 5) is 32.7. The number of aromatic hydroxyl groups is 1. The highest BCUT2D eigenvalue weighted by atomic mass is 19.1. The molecule has 2 aromatic carbocycles. The maximum atomic E-state index is 16.9. The van der Waals surface area contributed by atoms with Gasteiger partial charge in [0.25, 0.3) is 0 Å². The molecule has 0 spiro atoms. The number of amides is 1. The van der Waals surface area contributed by atoms with Crippen LogP contribution >= 0.6 is 0 Å². The van der Waals surface area contributed by atoms with Gasteiger partial charge in [-0.25, -0.2) is 8.78 Å². The van der Waals surface area contributed by atoms with Gasteiger partial charge in [-0.15, -0.1) is 6.42 Å². The maximum absolute atomic E-state index is 16.9. The van der Waals surface area contributed by atoms with E-state index < -0.39 is 17.5 Å². The molecule has 1 amide bonds. The average Bonchev–Trinajstić information content (AvgIpc) is 3.69. The summed E-state index contributed by atoms with van der Waals surface area (Å²) in [5, 5.41) is 12.2. The van der Waals surface area contributed by atoms with Gasteiger partial charge in [-0.2, -0.15) is 9.97 Å². The monoisotopic (exact) mass is 636 g/mol. The summed E-state index contributed by atoms with van der Waals surface area (Å²) >= 11 is 0. The number of rotatable bonds is 6. The molecule has 11 heteroatoms. The number of alkyl halides is 1. The zero-order valence-corrected chi connectivity index (χ0v) is 25.8. The summed E-state index contributed by atoms with van der Waals surface area (Å²) in [5.74, 6) is 2.27. The fourth-order valence-corrected chi connectivity index (χ4v) is 8.42. The molecule has 4 saturated heterocycles. The molecule has 1 N–H and O–H groups in total. The van der Waals surface area contributed by atoms with Crippen molar-refractivity contribution in [2.45, 2.75) is 55.9 Å². The van der Waals surface area contributed by atoms with E-state index in [0.29, 0.717) is 59.2 Å². The Morgan fingerprint density at radius 2 is 2.02 bits per heavy atom. The molecular formula is C36H34F2N6O3. The minimum absolute atomic E-state index is 0.00546. The highest BCUT2D eigenvalue weighted by Gasteiger charge is 2.49. The van der Waals surface area contributed by atoms with Crippen molar-refractivity contribution in [3.05, 3.63) is 60.6 Å². The Hall–Kier alpha value is -4.82. The molecule has 0 radical (unpaired) electrons. The van der Waals surface area contributed by atoms with Crippen LogP contribution in [0.15, 0.2) is 49.2 Å². The number of carbonyl (C=O) groups is 1. The quantitative estimate of drug-likeness (QED) is 0.234. The van der Waals surface area contributed by atoms with E-state index in [1.54, 1.807) is 30.5 Å². The molecule has 0 saturated carbocycles. The van der Waals surface area contributed by atoms with Crippen molar-refractivity contribution in [2.24, 2.45) is 0 Å². The van der Waals surface area contributed by atoms with Crippen molar-refractivity contribution in [3.63, 3.8) is 0 Å². The second kappa shape index (κ2) is 11.2. The van der Waals surface area contributed by atoms with Crippen LogP contribution in [-0.4, -0.2) is 92.3 Å². The van der Waals surface area contributed by atoms with E-state index in [9.17, 15) is 14.3 Å². The zero-order chi connectivity index (χ0) is 32.4. The van der Waals surface area contributed by atoms with Gasteiger partial charge in [0.1, 0.15) is 35.6 Å². The second-order valence-electron chi connectivity index (χ2n) is 13.2. The fourth-order valence-electron chi connectivity index (χ4n) is 8.42. The van der Waals surface area contributed by atoms with Gasteiger partial charge in [-0.05, 0) is 61.9 Å². The lowest BCUT2D eigenvalue weighted by Crippen LogP contribution is -2.55.